The van der Waals surface area contributed by atoms with E-state index in [1.807, 2.05) is 42.6 Å². The standard InChI is InChI=1S/C18H18FN3O/c19-8-10-23-15-5-3-12(4-6-15)17-18(13-1-2-13)22-9-7-14(20)11-16(22)21-17/h3-7,9,11,13H,1-2,8,10,20H2. The smallest absolute Gasteiger partial charge is 0.139 e. The monoisotopic (exact) mass is 311 g/mol. The van der Waals surface area contributed by atoms with Crippen LogP contribution in [0.25, 0.3) is 16.9 Å². The number of alkyl halides is 1. The van der Waals surface area contributed by atoms with Gasteiger partial charge in [0, 0.05) is 29.4 Å². The molecule has 2 N–H and O–H groups in total. The molecule has 0 unspecified atom stereocenters. The van der Waals surface area contributed by atoms with Crippen LogP contribution in [0.1, 0.15) is 24.5 Å². The number of anilines is 1. The maximum absolute atomic E-state index is 12.2. The number of ether oxygens (including phenoxy) is 1. The molecule has 0 atom stereocenters. The van der Waals surface area contributed by atoms with Gasteiger partial charge in [-0.15, -0.1) is 0 Å². The van der Waals surface area contributed by atoms with Gasteiger partial charge in [0.25, 0.3) is 0 Å². The van der Waals surface area contributed by atoms with E-state index in [9.17, 15) is 4.39 Å². The number of pyridine rings is 1. The van der Waals surface area contributed by atoms with Gasteiger partial charge in [0.2, 0.25) is 0 Å². The predicted octanol–water partition coefficient (Wildman–Crippen LogP) is 3.81. The van der Waals surface area contributed by atoms with Crippen molar-refractivity contribution < 1.29 is 9.13 Å². The number of imidazole rings is 1. The number of nitrogen functional groups attached to an aromatic ring is 1. The Kier molecular flexibility index (Phi) is 3.41. The van der Waals surface area contributed by atoms with E-state index in [0.29, 0.717) is 17.4 Å². The highest BCUT2D eigenvalue weighted by molar-refractivity contribution is 5.69. The van der Waals surface area contributed by atoms with Crippen LogP contribution in [0, 0.1) is 0 Å². The third-order valence-corrected chi connectivity index (χ3v) is 4.12. The van der Waals surface area contributed by atoms with Gasteiger partial charge in [-0.2, -0.15) is 0 Å². The van der Waals surface area contributed by atoms with E-state index >= 15 is 0 Å². The first-order chi connectivity index (χ1) is 11.3. The quantitative estimate of drug-likeness (QED) is 0.779. The first kappa shape index (κ1) is 14.1. The zero-order valence-electron chi connectivity index (χ0n) is 12.7. The summed E-state index contributed by atoms with van der Waals surface area (Å²) in [6.45, 7) is -0.401. The van der Waals surface area contributed by atoms with Gasteiger partial charge < -0.3 is 14.9 Å². The molecular formula is C18H18FN3O. The van der Waals surface area contributed by atoms with Crippen molar-refractivity contribution >= 4 is 11.3 Å². The molecule has 2 aromatic heterocycles. The van der Waals surface area contributed by atoms with Gasteiger partial charge in [-0.3, -0.25) is 0 Å². The average molecular weight is 311 g/mol. The van der Waals surface area contributed by atoms with Crippen LogP contribution < -0.4 is 10.5 Å². The van der Waals surface area contributed by atoms with Gasteiger partial charge in [0.05, 0.1) is 11.4 Å². The molecule has 0 amide bonds. The largest absolute Gasteiger partial charge is 0.491 e. The second kappa shape index (κ2) is 5.57. The fourth-order valence-corrected chi connectivity index (χ4v) is 2.90. The summed E-state index contributed by atoms with van der Waals surface area (Å²) in [7, 11) is 0. The molecule has 0 saturated heterocycles. The summed E-state index contributed by atoms with van der Waals surface area (Å²) in [5.74, 6) is 1.23. The van der Waals surface area contributed by atoms with Crippen molar-refractivity contribution in [3.63, 3.8) is 0 Å². The minimum atomic E-state index is -0.485. The lowest BCUT2D eigenvalue weighted by atomic mass is 10.1. The Bertz CT molecular complexity index is 837. The Morgan fingerprint density at radius 1 is 1.22 bits per heavy atom. The zero-order valence-corrected chi connectivity index (χ0v) is 12.7. The van der Waals surface area contributed by atoms with Crippen LogP contribution in [-0.4, -0.2) is 22.7 Å². The normalized spacial score (nSPS) is 14.3. The summed E-state index contributed by atoms with van der Waals surface area (Å²) >= 11 is 0. The number of aromatic nitrogens is 2. The molecule has 1 aromatic carbocycles. The van der Waals surface area contributed by atoms with Crippen LogP contribution in [0.4, 0.5) is 10.1 Å². The molecule has 1 fully saturated rings. The van der Waals surface area contributed by atoms with E-state index < -0.39 is 6.67 Å². The minimum absolute atomic E-state index is 0.0836. The molecule has 1 aliphatic rings. The van der Waals surface area contributed by atoms with Crippen LogP contribution in [-0.2, 0) is 0 Å². The molecule has 0 aliphatic heterocycles. The number of rotatable bonds is 5. The molecule has 0 spiro atoms. The fraction of sp³-hybridized carbons (Fsp3) is 0.278. The highest BCUT2D eigenvalue weighted by atomic mass is 19.1. The van der Waals surface area contributed by atoms with Gasteiger partial charge in [0.15, 0.2) is 0 Å². The molecule has 3 aromatic rings. The Morgan fingerprint density at radius 2 is 2.00 bits per heavy atom. The Hall–Kier alpha value is -2.56. The number of benzene rings is 1. The summed E-state index contributed by atoms with van der Waals surface area (Å²) < 4.78 is 19.6. The highest BCUT2D eigenvalue weighted by Crippen LogP contribution is 2.44. The molecule has 1 saturated carbocycles. The van der Waals surface area contributed by atoms with Crippen molar-refractivity contribution in [2.45, 2.75) is 18.8 Å². The number of hydrogen-bond acceptors (Lipinski definition) is 3. The maximum Gasteiger partial charge on any atom is 0.139 e. The zero-order chi connectivity index (χ0) is 15.8. The van der Waals surface area contributed by atoms with E-state index in [1.54, 1.807) is 0 Å². The Morgan fingerprint density at radius 3 is 2.70 bits per heavy atom. The van der Waals surface area contributed by atoms with Crippen molar-refractivity contribution in [1.29, 1.82) is 0 Å². The van der Waals surface area contributed by atoms with Crippen molar-refractivity contribution in [1.82, 2.24) is 9.38 Å². The number of nitrogens with zero attached hydrogens (tertiary/aromatic N) is 2. The van der Waals surface area contributed by atoms with Crippen LogP contribution in [0.2, 0.25) is 0 Å². The van der Waals surface area contributed by atoms with Crippen LogP contribution >= 0.6 is 0 Å². The second-order valence-electron chi connectivity index (χ2n) is 5.87. The number of fused-ring (bicyclic) bond motifs is 1. The van der Waals surface area contributed by atoms with E-state index in [1.165, 1.54) is 18.5 Å². The number of nitrogens with two attached hydrogens (primary N) is 1. The summed E-state index contributed by atoms with van der Waals surface area (Å²) in [5, 5.41) is 0. The van der Waals surface area contributed by atoms with Gasteiger partial charge in [-0.05, 0) is 43.2 Å². The molecule has 1 aliphatic carbocycles. The third kappa shape index (κ3) is 2.63. The molecule has 2 heterocycles. The molecule has 23 heavy (non-hydrogen) atoms. The lowest BCUT2D eigenvalue weighted by Gasteiger charge is -2.06. The second-order valence-corrected chi connectivity index (χ2v) is 5.87. The van der Waals surface area contributed by atoms with Crippen LogP contribution in [0.15, 0.2) is 42.6 Å². The van der Waals surface area contributed by atoms with E-state index in [4.69, 9.17) is 15.5 Å². The molecular weight excluding hydrogens is 293 g/mol. The Balaban J connectivity index is 1.77. The van der Waals surface area contributed by atoms with E-state index in [0.717, 1.165) is 16.9 Å². The Labute approximate surface area is 133 Å². The minimum Gasteiger partial charge on any atom is -0.491 e. The number of hydrogen-bond donors (Lipinski definition) is 1. The van der Waals surface area contributed by atoms with Crippen LogP contribution in [0.3, 0.4) is 0 Å². The SMILES string of the molecule is Nc1ccn2c(C3CC3)c(-c3ccc(OCCF)cc3)nc2c1. The van der Waals surface area contributed by atoms with Gasteiger partial charge in [0.1, 0.15) is 24.7 Å². The van der Waals surface area contributed by atoms with Gasteiger partial charge in [-0.25, -0.2) is 9.37 Å². The summed E-state index contributed by atoms with van der Waals surface area (Å²) in [5.41, 5.74) is 10.8. The number of halogens is 1. The summed E-state index contributed by atoms with van der Waals surface area (Å²) in [4.78, 5) is 4.78. The van der Waals surface area contributed by atoms with Gasteiger partial charge >= 0.3 is 0 Å². The first-order valence-electron chi connectivity index (χ1n) is 7.83. The van der Waals surface area contributed by atoms with Crippen molar-refractivity contribution in [3.8, 4) is 17.0 Å². The lowest BCUT2D eigenvalue weighted by molar-refractivity contribution is 0.273. The van der Waals surface area contributed by atoms with Gasteiger partial charge in [-0.1, -0.05) is 0 Å². The third-order valence-electron chi connectivity index (χ3n) is 4.12. The van der Waals surface area contributed by atoms with Crippen molar-refractivity contribution in [2.75, 3.05) is 19.0 Å². The fourth-order valence-electron chi connectivity index (χ4n) is 2.90. The lowest BCUT2D eigenvalue weighted by Crippen LogP contribution is -1.98. The molecule has 0 bridgehead atoms. The molecule has 118 valence electrons. The maximum atomic E-state index is 12.2. The molecule has 4 rings (SSSR count). The average Bonchev–Trinajstić information content (AvgIpc) is 3.34. The van der Waals surface area contributed by atoms with Crippen molar-refractivity contribution in [3.05, 3.63) is 48.3 Å². The topological polar surface area (TPSA) is 52.5 Å². The molecule has 5 heteroatoms. The highest BCUT2D eigenvalue weighted by Gasteiger charge is 2.30. The molecule has 0 radical (unpaired) electrons. The van der Waals surface area contributed by atoms with Crippen LogP contribution in [0.5, 0.6) is 5.75 Å². The van der Waals surface area contributed by atoms with E-state index in [-0.39, 0.29) is 6.61 Å². The summed E-state index contributed by atoms with van der Waals surface area (Å²) in [6.07, 6.45) is 4.39. The first-order valence-corrected chi connectivity index (χ1v) is 7.83. The van der Waals surface area contributed by atoms with E-state index in [2.05, 4.69) is 4.40 Å². The van der Waals surface area contributed by atoms with Crippen molar-refractivity contribution in [2.24, 2.45) is 0 Å². The molecule has 4 nitrogen and oxygen atoms in total. The predicted molar refractivity (Wildman–Crippen MR) is 88.5 cm³/mol. The summed E-state index contributed by atoms with van der Waals surface area (Å²) in [6, 6.07) is 11.5.